The lowest BCUT2D eigenvalue weighted by Gasteiger charge is -2.34. The first-order chi connectivity index (χ1) is 12.7. The highest BCUT2D eigenvalue weighted by atomic mass is 32.2. The Hall–Kier alpha value is -2.47. The number of hydrogen-bond donors (Lipinski definition) is 0. The SMILES string of the molecule is COc1cccc2c1N(C(=O)CN1C(=O)CSc3ccccc31)CCC2. The molecule has 0 spiro atoms. The molecule has 2 aliphatic rings. The number of amides is 2. The number of nitrogens with zero attached hydrogens (tertiary/aromatic N) is 2. The van der Waals surface area contributed by atoms with E-state index in [4.69, 9.17) is 4.74 Å². The predicted molar refractivity (Wildman–Crippen MR) is 103 cm³/mol. The van der Waals surface area contributed by atoms with Crippen molar-refractivity contribution < 1.29 is 14.3 Å². The second-order valence-electron chi connectivity index (χ2n) is 6.35. The topological polar surface area (TPSA) is 49.9 Å². The maximum absolute atomic E-state index is 13.1. The van der Waals surface area contributed by atoms with Gasteiger partial charge in [-0.05, 0) is 36.6 Å². The van der Waals surface area contributed by atoms with Crippen molar-refractivity contribution in [2.45, 2.75) is 17.7 Å². The Bertz CT molecular complexity index is 854. The highest BCUT2D eigenvalue weighted by molar-refractivity contribution is 8.00. The van der Waals surface area contributed by atoms with Gasteiger partial charge in [0.15, 0.2) is 0 Å². The Labute approximate surface area is 156 Å². The molecular weight excluding hydrogens is 348 g/mol. The lowest BCUT2D eigenvalue weighted by atomic mass is 10.0. The Morgan fingerprint density at radius 1 is 1.19 bits per heavy atom. The van der Waals surface area contributed by atoms with Gasteiger partial charge in [0, 0.05) is 11.4 Å². The van der Waals surface area contributed by atoms with E-state index in [9.17, 15) is 9.59 Å². The summed E-state index contributed by atoms with van der Waals surface area (Å²) in [6.45, 7) is 0.693. The van der Waals surface area contributed by atoms with Gasteiger partial charge in [-0.2, -0.15) is 0 Å². The molecule has 6 heteroatoms. The molecule has 2 amide bonds. The third kappa shape index (κ3) is 2.94. The van der Waals surface area contributed by atoms with Crippen LogP contribution in [0.4, 0.5) is 11.4 Å². The second-order valence-corrected chi connectivity index (χ2v) is 7.37. The smallest absolute Gasteiger partial charge is 0.247 e. The normalized spacial score (nSPS) is 16.1. The number of thioether (sulfide) groups is 1. The van der Waals surface area contributed by atoms with Crippen LogP contribution in [0.3, 0.4) is 0 Å². The van der Waals surface area contributed by atoms with Crippen LogP contribution in [0.5, 0.6) is 5.75 Å². The molecule has 2 aliphatic heterocycles. The van der Waals surface area contributed by atoms with Crippen LogP contribution in [0.2, 0.25) is 0 Å². The highest BCUT2D eigenvalue weighted by Gasteiger charge is 2.31. The number of carbonyl (C=O) groups is 2. The number of carbonyl (C=O) groups excluding carboxylic acids is 2. The first kappa shape index (κ1) is 17.0. The van der Waals surface area contributed by atoms with Crippen LogP contribution < -0.4 is 14.5 Å². The fourth-order valence-electron chi connectivity index (χ4n) is 3.58. The quantitative estimate of drug-likeness (QED) is 0.835. The van der Waals surface area contributed by atoms with Crippen molar-refractivity contribution in [3.05, 3.63) is 48.0 Å². The summed E-state index contributed by atoms with van der Waals surface area (Å²) in [5.74, 6) is 0.964. The largest absolute Gasteiger partial charge is 0.495 e. The molecule has 0 unspecified atom stereocenters. The van der Waals surface area contributed by atoms with Gasteiger partial charge in [-0.15, -0.1) is 11.8 Å². The number of aryl methyl sites for hydroxylation is 1. The van der Waals surface area contributed by atoms with Crippen LogP contribution in [-0.2, 0) is 16.0 Å². The molecule has 26 heavy (non-hydrogen) atoms. The molecule has 0 aromatic heterocycles. The van der Waals surface area contributed by atoms with Crippen LogP contribution in [0, 0.1) is 0 Å². The van der Waals surface area contributed by atoms with E-state index in [1.54, 1.807) is 16.9 Å². The first-order valence-electron chi connectivity index (χ1n) is 8.67. The third-order valence-electron chi connectivity index (χ3n) is 4.80. The lowest BCUT2D eigenvalue weighted by Crippen LogP contribution is -2.46. The third-order valence-corrected chi connectivity index (χ3v) is 5.85. The van der Waals surface area contributed by atoms with Gasteiger partial charge in [-0.1, -0.05) is 24.3 Å². The number of rotatable bonds is 3. The van der Waals surface area contributed by atoms with Crippen molar-refractivity contribution in [2.75, 3.05) is 35.8 Å². The molecule has 5 nitrogen and oxygen atoms in total. The lowest BCUT2D eigenvalue weighted by molar-refractivity contribution is -0.121. The van der Waals surface area contributed by atoms with E-state index in [1.807, 2.05) is 42.5 Å². The van der Waals surface area contributed by atoms with E-state index in [1.165, 1.54) is 11.8 Å². The minimum absolute atomic E-state index is 0.0284. The minimum atomic E-state index is -0.0782. The summed E-state index contributed by atoms with van der Waals surface area (Å²) >= 11 is 1.52. The van der Waals surface area contributed by atoms with Gasteiger partial charge in [0.1, 0.15) is 12.3 Å². The number of benzene rings is 2. The number of methoxy groups -OCH3 is 1. The Kier molecular flexibility index (Phi) is 4.59. The average molecular weight is 368 g/mol. The first-order valence-corrected chi connectivity index (χ1v) is 9.66. The Balaban J connectivity index is 1.64. The molecule has 0 bridgehead atoms. The zero-order valence-corrected chi connectivity index (χ0v) is 15.4. The monoisotopic (exact) mass is 368 g/mol. The number of ether oxygens (including phenoxy) is 1. The van der Waals surface area contributed by atoms with Crippen molar-refractivity contribution in [2.24, 2.45) is 0 Å². The van der Waals surface area contributed by atoms with Crippen LogP contribution in [-0.4, -0.2) is 37.8 Å². The van der Waals surface area contributed by atoms with Crippen molar-refractivity contribution in [1.82, 2.24) is 0 Å². The van der Waals surface area contributed by atoms with Crippen molar-refractivity contribution in [3.63, 3.8) is 0 Å². The molecule has 2 aromatic rings. The van der Waals surface area contributed by atoms with E-state index in [-0.39, 0.29) is 18.4 Å². The number of anilines is 2. The summed E-state index contributed by atoms with van der Waals surface area (Å²) < 4.78 is 5.48. The van der Waals surface area contributed by atoms with Crippen molar-refractivity contribution >= 4 is 35.0 Å². The summed E-state index contributed by atoms with van der Waals surface area (Å²) in [6.07, 6.45) is 1.84. The molecular formula is C20H20N2O3S. The van der Waals surface area contributed by atoms with E-state index < -0.39 is 0 Å². The van der Waals surface area contributed by atoms with Gasteiger partial charge in [0.05, 0.1) is 24.2 Å². The zero-order chi connectivity index (χ0) is 18.1. The minimum Gasteiger partial charge on any atom is -0.495 e. The van der Waals surface area contributed by atoms with Gasteiger partial charge in [-0.25, -0.2) is 0 Å². The number of fused-ring (bicyclic) bond motifs is 2. The second kappa shape index (κ2) is 7.03. The van der Waals surface area contributed by atoms with Gasteiger partial charge in [-0.3, -0.25) is 9.59 Å². The van der Waals surface area contributed by atoms with Crippen LogP contribution >= 0.6 is 11.8 Å². The molecule has 0 aliphatic carbocycles. The van der Waals surface area contributed by atoms with Crippen LogP contribution in [0.1, 0.15) is 12.0 Å². The Morgan fingerprint density at radius 3 is 2.88 bits per heavy atom. The Morgan fingerprint density at radius 2 is 2.04 bits per heavy atom. The number of hydrogen-bond acceptors (Lipinski definition) is 4. The summed E-state index contributed by atoms with van der Waals surface area (Å²) in [6, 6.07) is 13.6. The average Bonchev–Trinajstić information content (AvgIpc) is 2.69. The number of para-hydroxylation sites is 2. The molecule has 0 fully saturated rings. The molecule has 4 rings (SSSR count). The maximum atomic E-state index is 13.1. The van der Waals surface area contributed by atoms with E-state index >= 15 is 0 Å². The van der Waals surface area contributed by atoms with Crippen LogP contribution in [0.25, 0.3) is 0 Å². The highest BCUT2D eigenvalue weighted by Crippen LogP contribution is 2.38. The molecule has 0 atom stereocenters. The van der Waals surface area contributed by atoms with Crippen LogP contribution in [0.15, 0.2) is 47.4 Å². The summed E-state index contributed by atoms with van der Waals surface area (Å²) in [5, 5.41) is 0. The molecule has 0 radical (unpaired) electrons. The molecule has 0 saturated carbocycles. The molecule has 2 heterocycles. The van der Waals surface area contributed by atoms with Gasteiger partial charge >= 0.3 is 0 Å². The molecule has 0 N–H and O–H groups in total. The summed E-state index contributed by atoms with van der Waals surface area (Å²) in [4.78, 5) is 30.0. The zero-order valence-electron chi connectivity index (χ0n) is 14.6. The van der Waals surface area contributed by atoms with Gasteiger partial charge in [0.2, 0.25) is 11.8 Å². The maximum Gasteiger partial charge on any atom is 0.247 e. The predicted octanol–water partition coefficient (Wildman–Crippen LogP) is 3.11. The van der Waals surface area contributed by atoms with Gasteiger partial charge in [0.25, 0.3) is 0 Å². The molecule has 134 valence electrons. The van der Waals surface area contributed by atoms with E-state index in [0.717, 1.165) is 34.7 Å². The fourth-order valence-corrected chi connectivity index (χ4v) is 4.51. The molecule has 0 saturated heterocycles. The fraction of sp³-hybridized carbons (Fsp3) is 0.300. The summed E-state index contributed by atoms with van der Waals surface area (Å²) in [7, 11) is 1.62. The van der Waals surface area contributed by atoms with Gasteiger partial charge < -0.3 is 14.5 Å². The van der Waals surface area contributed by atoms with E-state index in [2.05, 4.69) is 0 Å². The summed E-state index contributed by atoms with van der Waals surface area (Å²) in [5.41, 5.74) is 2.78. The molecule has 2 aromatic carbocycles. The van der Waals surface area contributed by atoms with E-state index in [0.29, 0.717) is 18.0 Å². The van der Waals surface area contributed by atoms with Crippen molar-refractivity contribution in [1.29, 1.82) is 0 Å². The standard InChI is InChI=1S/C20H20N2O3S/c1-25-16-9-4-6-14-7-5-11-21(20(14)16)18(23)12-22-15-8-2-3-10-17(15)26-13-19(22)24/h2-4,6,8-10H,5,7,11-13H2,1H3. The van der Waals surface area contributed by atoms with Crippen molar-refractivity contribution in [3.8, 4) is 5.75 Å².